The number of hydrogen-bond donors (Lipinski definition) is 0. The van der Waals surface area contributed by atoms with Crippen molar-refractivity contribution in [2.24, 2.45) is 0 Å². The molecule has 0 aliphatic carbocycles. The van der Waals surface area contributed by atoms with Crippen LogP contribution in [0.2, 0.25) is 0 Å². The van der Waals surface area contributed by atoms with Crippen LogP contribution in [0.4, 0.5) is 0 Å². The van der Waals surface area contributed by atoms with Crippen LogP contribution >= 0.6 is 0 Å². The first-order valence-corrected chi connectivity index (χ1v) is 15.6. The minimum absolute atomic E-state index is 0.244. The maximum absolute atomic E-state index is 12.3. The molecule has 0 N–H and O–H groups in total. The molecule has 0 fully saturated rings. The van der Waals surface area contributed by atoms with Crippen molar-refractivity contribution in [1.29, 1.82) is 0 Å². The van der Waals surface area contributed by atoms with Gasteiger partial charge in [-0.15, -0.1) is 0 Å². The van der Waals surface area contributed by atoms with Crippen LogP contribution in [0, 0.1) is 0 Å². The van der Waals surface area contributed by atoms with Gasteiger partial charge in [0.05, 0.1) is 0 Å². The van der Waals surface area contributed by atoms with Gasteiger partial charge in [-0.3, -0.25) is 14.4 Å². The largest absolute Gasteiger partial charge is 0.426 e. The van der Waals surface area contributed by atoms with E-state index in [1.165, 1.54) is 108 Å². The molecule has 0 aliphatic heterocycles. The summed E-state index contributed by atoms with van der Waals surface area (Å²) < 4.78 is 10.9. The molecule has 5 heteroatoms. The molecule has 1 rings (SSSR count). The third kappa shape index (κ3) is 19.0. The molecule has 0 spiro atoms. The van der Waals surface area contributed by atoms with Crippen molar-refractivity contribution >= 4 is 18.2 Å². The van der Waals surface area contributed by atoms with Crippen LogP contribution in [0.3, 0.4) is 0 Å². The molecular weight excluding hydrogens is 476 g/mol. The summed E-state index contributed by atoms with van der Waals surface area (Å²) in [6, 6.07) is 4.52. The van der Waals surface area contributed by atoms with Gasteiger partial charge < -0.3 is 9.47 Å². The van der Waals surface area contributed by atoms with E-state index in [-0.39, 0.29) is 23.4 Å². The summed E-state index contributed by atoms with van der Waals surface area (Å²) in [5.41, 5.74) is 0.316. The molecule has 0 saturated carbocycles. The van der Waals surface area contributed by atoms with Gasteiger partial charge in [0.15, 0.2) is 0 Å². The summed E-state index contributed by atoms with van der Waals surface area (Å²) in [5, 5.41) is 0. The normalized spacial score (nSPS) is 10.9. The molecule has 1 aromatic rings. The smallest absolute Gasteiger partial charge is 0.311 e. The summed E-state index contributed by atoms with van der Waals surface area (Å²) >= 11 is 0. The monoisotopic (exact) mass is 530 g/mol. The summed E-state index contributed by atoms with van der Waals surface area (Å²) in [5.74, 6) is -0.160. The Morgan fingerprint density at radius 3 is 1.16 bits per heavy atom. The van der Waals surface area contributed by atoms with Crippen LogP contribution in [0.1, 0.15) is 165 Å². The quantitative estimate of drug-likeness (QED) is 0.0544. The first-order chi connectivity index (χ1) is 18.6. The zero-order valence-electron chi connectivity index (χ0n) is 24.4. The van der Waals surface area contributed by atoms with Crippen molar-refractivity contribution in [2.75, 3.05) is 0 Å². The van der Waals surface area contributed by atoms with Crippen LogP contribution < -0.4 is 9.47 Å². The Labute approximate surface area is 232 Å². The van der Waals surface area contributed by atoms with Crippen LogP contribution in [-0.2, 0) is 9.59 Å². The average Bonchev–Trinajstić information content (AvgIpc) is 2.90. The molecule has 5 nitrogen and oxygen atoms in total. The molecule has 0 heterocycles. The van der Waals surface area contributed by atoms with Gasteiger partial charge in [-0.2, -0.15) is 0 Å². The van der Waals surface area contributed by atoms with Crippen LogP contribution in [0.25, 0.3) is 0 Å². The van der Waals surface area contributed by atoms with E-state index in [0.717, 1.165) is 38.5 Å². The van der Waals surface area contributed by atoms with Gasteiger partial charge in [-0.05, 0) is 25.0 Å². The lowest BCUT2D eigenvalue weighted by atomic mass is 10.1. The summed E-state index contributed by atoms with van der Waals surface area (Å²) in [7, 11) is 0. The zero-order valence-corrected chi connectivity index (χ0v) is 24.4. The van der Waals surface area contributed by atoms with Gasteiger partial charge in [0.1, 0.15) is 17.8 Å². The number of rotatable bonds is 25. The molecule has 0 aromatic heterocycles. The fourth-order valence-corrected chi connectivity index (χ4v) is 4.66. The Kier molecular flexibility index (Phi) is 21.3. The Hall–Kier alpha value is -2.17. The van der Waals surface area contributed by atoms with Gasteiger partial charge in [-0.1, -0.05) is 129 Å². The Balaban J connectivity index is 2.24. The first kappa shape index (κ1) is 33.9. The van der Waals surface area contributed by atoms with E-state index in [4.69, 9.17) is 9.47 Å². The number of carbonyl (C=O) groups is 3. The van der Waals surface area contributed by atoms with Crippen molar-refractivity contribution < 1.29 is 23.9 Å². The Bertz CT molecular complexity index is 702. The van der Waals surface area contributed by atoms with Gasteiger partial charge in [0.2, 0.25) is 0 Å². The SMILES string of the molecule is CCCCCCCCCCCCC(=O)Oc1cc(C=O)cc(OC(=O)CCCCCCCCCCCC)c1. The highest BCUT2D eigenvalue weighted by atomic mass is 16.5. The van der Waals surface area contributed by atoms with Crippen molar-refractivity contribution in [2.45, 2.75) is 155 Å². The van der Waals surface area contributed by atoms with E-state index in [2.05, 4.69) is 13.8 Å². The predicted molar refractivity (Wildman–Crippen MR) is 156 cm³/mol. The van der Waals surface area contributed by atoms with Gasteiger partial charge in [-0.25, -0.2) is 0 Å². The molecule has 216 valence electrons. The second-order valence-corrected chi connectivity index (χ2v) is 10.7. The van der Waals surface area contributed by atoms with Crippen LogP contribution in [0.5, 0.6) is 11.5 Å². The Morgan fingerprint density at radius 2 is 0.842 bits per heavy atom. The predicted octanol–water partition coefficient (Wildman–Crippen LogP) is 9.93. The van der Waals surface area contributed by atoms with Gasteiger partial charge in [0, 0.05) is 24.5 Å². The lowest BCUT2D eigenvalue weighted by Gasteiger charge is -2.09. The summed E-state index contributed by atoms with van der Waals surface area (Å²) in [6.07, 6.45) is 25.4. The third-order valence-electron chi connectivity index (χ3n) is 6.97. The van der Waals surface area contributed by atoms with Crippen molar-refractivity contribution in [3.63, 3.8) is 0 Å². The fourth-order valence-electron chi connectivity index (χ4n) is 4.66. The Morgan fingerprint density at radius 1 is 0.526 bits per heavy atom. The van der Waals surface area contributed by atoms with E-state index in [0.29, 0.717) is 24.7 Å². The average molecular weight is 531 g/mol. The standard InChI is InChI=1S/C33H54O5/c1-3-5-7-9-11-13-15-17-19-21-23-32(35)37-30-25-29(28-34)26-31(27-30)38-33(36)24-22-20-18-16-14-12-10-8-6-4-2/h25-28H,3-24H2,1-2H3. The van der Waals surface area contributed by atoms with E-state index in [1.807, 2.05) is 0 Å². The second-order valence-electron chi connectivity index (χ2n) is 10.7. The van der Waals surface area contributed by atoms with Crippen LogP contribution in [0.15, 0.2) is 18.2 Å². The highest BCUT2D eigenvalue weighted by molar-refractivity contribution is 5.79. The highest BCUT2D eigenvalue weighted by Crippen LogP contribution is 2.24. The molecule has 0 saturated heterocycles. The summed E-state index contributed by atoms with van der Waals surface area (Å²) in [4.78, 5) is 35.9. The lowest BCUT2D eigenvalue weighted by Crippen LogP contribution is -2.10. The summed E-state index contributed by atoms with van der Waals surface area (Å²) in [6.45, 7) is 4.47. The van der Waals surface area contributed by atoms with E-state index in [9.17, 15) is 14.4 Å². The molecule has 0 aliphatic rings. The van der Waals surface area contributed by atoms with Crippen molar-refractivity contribution in [3.05, 3.63) is 23.8 Å². The maximum Gasteiger partial charge on any atom is 0.311 e. The first-order valence-electron chi connectivity index (χ1n) is 15.6. The molecule has 1 aromatic carbocycles. The molecule has 0 unspecified atom stereocenters. The number of hydrogen-bond acceptors (Lipinski definition) is 5. The van der Waals surface area contributed by atoms with Gasteiger partial charge in [0.25, 0.3) is 0 Å². The third-order valence-corrected chi connectivity index (χ3v) is 6.97. The number of carbonyl (C=O) groups excluding carboxylic acids is 3. The second kappa shape index (κ2) is 23.9. The van der Waals surface area contributed by atoms with E-state index in [1.54, 1.807) is 0 Å². The van der Waals surface area contributed by atoms with E-state index < -0.39 is 0 Å². The highest BCUT2D eigenvalue weighted by Gasteiger charge is 2.11. The van der Waals surface area contributed by atoms with Gasteiger partial charge >= 0.3 is 11.9 Å². The number of ether oxygens (including phenoxy) is 2. The maximum atomic E-state index is 12.3. The van der Waals surface area contributed by atoms with Crippen molar-refractivity contribution in [1.82, 2.24) is 0 Å². The molecule has 0 bridgehead atoms. The molecule has 0 radical (unpaired) electrons. The topological polar surface area (TPSA) is 69.7 Å². The molecule has 0 atom stereocenters. The minimum Gasteiger partial charge on any atom is -0.426 e. The van der Waals surface area contributed by atoms with Crippen LogP contribution in [-0.4, -0.2) is 18.2 Å². The fraction of sp³-hybridized carbons (Fsp3) is 0.727. The van der Waals surface area contributed by atoms with E-state index >= 15 is 0 Å². The number of aldehydes is 1. The minimum atomic E-state index is -0.324. The number of benzene rings is 1. The molecular formula is C33H54O5. The molecule has 38 heavy (non-hydrogen) atoms. The number of unbranched alkanes of at least 4 members (excludes halogenated alkanes) is 18. The number of esters is 2. The zero-order chi connectivity index (χ0) is 27.7. The molecule has 0 amide bonds. The van der Waals surface area contributed by atoms with Crippen molar-refractivity contribution in [3.8, 4) is 11.5 Å². The lowest BCUT2D eigenvalue weighted by molar-refractivity contribution is -0.135.